The number of hydrogen-bond acceptors (Lipinski definition) is 3. The Labute approximate surface area is 151 Å². The molecule has 2 nitrogen and oxygen atoms in total. The Morgan fingerprint density at radius 3 is 2.33 bits per heavy atom. The highest BCUT2D eigenvalue weighted by atomic mass is 35.5. The fourth-order valence-electron chi connectivity index (χ4n) is 1.70. The maximum absolute atomic E-state index is 13.3. The van der Waals surface area contributed by atoms with E-state index in [0.717, 1.165) is 17.8 Å². The van der Waals surface area contributed by atoms with Gasteiger partial charge in [-0.1, -0.05) is 35.3 Å². The summed E-state index contributed by atoms with van der Waals surface area (Å²) in [6.45, 7) is 0. The van der Waals surface area contributed by atoms with Gasteiger partial charge in [-0.05, 0) is 35.9 Å². The smallest absolute Gasteiger partial charge is 0.376 e. The van der Waals surface area contributed by atoms with E-state index >= 15 is 0 Å². The van der Waals surface area contributed by atoms with Gasteiger partial charge in [0.2, 0.25) is 0 Å². The van der Waals surface area contributed by atoms with Crippen LogP contribution in [0.1, 0.15) is 5.56 Å². The standard InChI is InChI=1S/C16H12Cl2F3NOS/c17-13-2-1-11(9-14(13)18)3-6-15(23,16(19,20)21)10-24-12-4-7-22-8-5-12/h1-9,23H,10H2. The van der Waals surface area contributed by atoms with Crippen LogP contribution in [0.2, 0.25) is 10.0 Å². The van der Waals surface area contributed by atoms with Crippen molar-refractivity contribution in [2.45, 2.75) is 16.7 Å². The summed E-state index contributed by atoms with van der Waals surface area (Å²) in [5.41, 5.74) is -2.58. The van der Waals surface area contributed by atoms with E-state index in [2.05, 4.69) is 4.98 Å². The number of aliphatic hydroxyl groups is 1. The Kier molecular flexibility index (Phi) is 6.20. The molecule has 8 heteroatoms. The molecule has 0 aliphatic heterocycles. The summed E-state index contributed by atoms with van der Waals surface area (Å²) in [5.74, 6) is -0.585. The molecule has 0 amide bonds. The SMILES string of the molecule is OC(C=Cc1ccc(Cl)c(Cl)c1)(CSc1ccncc1)C(F)(F)F. The molecule has 24 heavy (non-hydrogen) atoms. The number of rotatable bonds is 5. The van der Waals surface area contributed by atoms with Crippen LogP contribution in [-0.2, 0) is 0 Å². The summed E-state index contributed by atoms with van der Waals surface area (Å²) in [6.07, 6.45) is 0.0182. The van der Waals surface area contributed by atoms with Gasteiger partial charge in [0.15, 0.2) is 5.60 Å². The van der Waals surface area contributed by atoms with Crippen LogP contribution in [0.3, 0.4) is 0 Å². The first-order valence-electron chi connectivity index (χ1n) is 6.67. The Morgan fingerprint density at radius 1 is 1.08 bits per heavy atom. The van der Waals surface area contributed by atoms with E-state index < -0.39 is 17.5 Å². The van der Waals surface area contributed by atoms with Gasteiger partial charge in [0.25, 0.3) is 0 Å². The van der Waals surface area contributed by atoms with Crippen molar-refractivity contribution < 1.29 is 18.3 Å². The molecule has 2 rings (SSSR count). The average molecular weight is 394 g/mol. The van der Waals surface area contributed by atoms with Gasteiger partial charge in [-0.3, -0.25) is 4.98 Å². The molecule has 128 valence electrons. The minimum Gasteiger partial charge on any atom is -0.376 e. The van der Waals surface area contributed by atoms with Crippen molar-refractivity contribution in [3.63, 3.8) is 0 Å². The number of hydrogen-bond donors (Lipinski definition) is 1. The van der Waals surface area contributed by atoms with E-state index in [1.165, 1.54) is 36.7 Å². The lowest BCUT2D eigenvalue weighted by Crippen LogP contribution is -2.45. The van der Waals surface area contributed by atoms with Gasteiger partial charge < -0.3 is 5.11 Å². The molecule has 0 spiro atoms. The van der Waals surface area contributed by atoms with Gasteiger partial charge in [0.05, 0.1) is 10.0 Å². The predicted octanol–water partition coefficient (Wildman–Crippen LogP) is 5.49. The molecule has 1 atom stereocenters. The van der Waals surface area contributed by atoms with Crippen LogP contribution in [0.5, 0.6) is 0 Å². The molecule has 1 unspecified atom stereocenters. The van der Waals surface area contributed by atoms with Gasteiger partial charge in [-0.15, -0.1) is 11.8 Å². The van der Waals surface area contributed by atoms with Crippen LogP contribution in [0.25, 0.3) is 6.08 Å². The monoisotopic (exact) mass is 393 g/mol. The van der Waals surface area contributed by atoms with E-state index in [1.54, 1.807) is 12.1 Å². The minimum absolute atomic E-state index is 0.223. The second-order valence-corrected chi connectivity index (χ2v) is 6.76. The Bertz CT molecular complexity index is 725. The zero-order valence-corrected chi connectivity index (χ0v) is 14.4. The first-order valence-corrected chi connectivity index (χ1v) is 8.42. The number of benzene rings is 1. The van der Waals surface area contributed by atoms with Crippen molar-refractivity contribution in [1.29, 1.82) is 0 Å². The third-order valence-corrected chi connectivity index (χ3v) is 5.02. The van der Waals surface area contributed by atoms with E-state index in [1.807, 2.05) is 0 Å². The van der Waals surface area contributed by atoms with Crippen LogP contribution >= 0.6 is 35.0 Å². The van der Waals surface area contributed by atoms with Gasteiger partial charge >= 0.3 is 6.18 Å². The van der Waals surface area contributed by atoms with E-state index in [4.69, 9.17) is 23.2 Å². The zero-order valence-electron chi connectivity index (χ0n) is 12.1. The third kappa shape index (κ3) is 4.89. The Balaban J connectivity index is 2.20. The third-order valence-electron chi connectivity index (χ3n) is 3.09. The number of alkyl halides is 3. The lowest BCUT2D eigenvalue weighted by Gasteiger charge is -2.27. The van der Waals surface area contributed by atoms with Crippen molar-refractivity contribution in [2.24, 2.45) is 0 Å². The fourth-order valence-corrected chi connectivity index (χ4v) is 2.97. The number of nitrogens with zero attached hydrogens (tertiary/aromatic N) is 1. The predicted molar refractivity (Wildman–Crippen MR) is 91.5 cm³/mol. The first-order chi connectivity index (χ1) is 11.2. The van der Waals surface area contributed by atoms with Crippen molar-refractivity contribution in [3.8, 4) is 0 Å². The Morgan fingerprint density at radius 2 is 1.75 bits per heavy atom. The molecular weight excluding hydrogens is 382 g/mol. The van der Waals surface area contributed by atoms with Crippen molar-refractivity contribution in [1.82, 2.24) is 4.98 Å². The fraction of sp³-hybridized carbons (Fsp3) is 0.188. The van der Waals surface area contributed by atoms with Crippen molar-refractivity contribution >= 4 is 41.0 Å². The highest BCUT2D eigenvalue weighted by Crippen LogP contribution is 2.37. The molecule has 0 fully saturated rings. The van der Waals surface area contributed by atoms with Gasteiger partial charge in [-0.25, -0.2) is 0 Å². The second kappa shape index (κ2) is 7.78. The molecule has 2 aromatic rings. The van der Waals surface area contributed by atoms with Crippen LogP contribution in [0, 0.1) is 0 Å². The van der Waals surface area contributed by atoms with Crippen LogP contribution in [0.4, 0.5) is 13.2 Å². The normalized spacial score (nSPS) is 14.8. The minimum atomic E-state index is -4.82. The molecule has 0 saturated heterocycles. The van der Waals surface area contributed by atoms with Gasteiger partial charge in [0, 0.05) is 23.0 Å². The van der Waals surface area contributed by atoms with E-state index in [-0.39, 0.29) is 5.02 Å². The molecule has 0 radical (unpaired) electrons. The van der Waals surface area contributed by atoms with E-state index in [0.29, 0.717) is 15.5 Å². The molecule has 1 aromatic heterocycles. The first kappa shape index (κ1) is 19.1. The maximum Gasteiger partial charge on any atom is 0.421 e. The summed E-state index contributed by atoms with van der Waals surface area (Å²) in [6, 6.07) is 7.56. The van der Waals surface area contributed by atoms with Crippen molar-refractivity contribution in [3.05, 3.63) is 64.4 Å². The summed E-state index contributed by atoms with van der Waals surface area (Å²) < 4.78 is 39.8. The summed E-state index contributed by atoms with van der Waals surface area (Å²) in [5, 5.41) is 10.6. The van der Waals surface area contributed by atoms with Gasteiger partial charge in [0.1, 0.15) is 0 Å². The quantitative estimate of drug-likeness (QED) is 0.681. The molecule has 0 saturated carbocycles. The zero-order chi connectivity index (χ0) is 17.8. The Hall–Kier alpha value is -1.21. The highest BCUT2D eigenvalue weighted by molar-refractivity contribution is 7.99. The number of thioether (sulfide) groups is 1. The van der Waals surface area contributed by atoms with Crippen LogP contribution in [0.15, 0.2) is 53.7 Å². The molecule has 0 bridgehead atoms. The number of halogens is 5. The topological polar surface area (TPSA) is 33.1 Å². The summed E-state index contributed by atoms with van der Waals surface area (Å²) in [4.78, 5) is 4.37. The average Bonchev–Trinajstić information content (AvgIpc) is 2.54. The number of pyridine rings is 1. The summed E-state index contributed by atoms with van der Waals surface area (Å²) in [7, 11) is 0. The molecule has 0 aliphatic carbocycles. The molecule has 1 heterocycles. The van der Waals surface area contributed by atoms with Crippen LogP contribution in [-0.4, -0.2) is 27.6 Å². The largest absolute Gasteiger partial charge is 0.421 e. The molecular formula is C16H12Cl2F3NOS. The molecule has 1 N–H and O–H groups in total. The molecule has 1 aromatic carbocycles. The second-order valence-electron chi connectivity index (χ2n) is 4.90. The lowest BCUT2D eigenvalue weighted by molar-refractivity contribution is -0.230. The molecule has 0 aliphatic rings. The van der Waals surface area contributed by atoms with Crippen LogP contribution < -0.4 is 0 Å². The van der Waals surface area contributed by atoms with Crippen molar-refractivity contribution in [2.75, 3.05) is 5.75 Å². The van der Waals surface area contributed by atoms with Gasteiger partial charge in [-0.2, -0.15) is 13.2 Å². The summed E-state index contributed by atoms with van der Waals surface area (Å²) >= 11 is 12.5. The highest BCUT2D eigenvalue weighted by Gasteiger charge is 2.51. The van der Waals surface area contributed by atoms with E-state index in [9.17, 15) is 18.3 Å². The maximum atomic E-state index is 13.3. The lowest BCUT2D eigenvalue weighted by atomic mass is 10.0. The number of aromatic nitrogens is 1.